The van der Waals surface area contributed by atoms with Gasteiger partial charge in [-0.15, -0.1) is 11.3 Å². The summed E-state index contributed by atoms with van der Waals surface area (Å²) in [6, 6.07) is 2.34. The number of halogens is 1. The molecule has 2 aliphatic carbocycles. The summed E-state index contributed by atoms with van der Waals surface area (Å²) in [7, 11) is 1.93. The molecule has 0 aromatic carbocycles. The van der Waals surface area contributed by atoms with Crippen LogP contribution in [0.5, 0.6) is 6.01 Å². The second kappa shape index (κ2) is 11.6. The highest BCUT2D eigenvalue weighted by Gasteiger charge is 2.45. The maximum Gasteiger partial charge on any atom is 0.318 e. The van der Waals surface area contributed by atoms with Crippen LogP contribution in [0.25, 0.3) is 0 Å². The van der Waals surface area contributed by atoms with Gasteiger partial charge in [-0.3, -0.25) is 9.69 Å². The van der Waals surface area contributed by atoms with Crippen molar-refractivity contribution in [1.82, 2.24) is 19.8 Å². The van der Waals surface area contributed by atoms with E-state index in [1.54, 1.807) is 10.5 Å². The SMILES string of the molecule is C=CC(=O)N1CCN(c2nc(OCC3CC(F)CN3C)nc3c2CC(C)C2(CCc4c(C)csc4C2)C3)CC1CC#N. The number of likely N-dealkylation sites (tertiary alicyclic amines) is 1. The number of rotatable bonds is 6. The monoisotopic (exact) mass is 592 g/mol. The minimum absolute atomic E-state index is 0.0123. The van der Waals surface area contributed by atoms with Gasteiger partial charge < -0.3 is 14.5 Å². The number of hydrogen-bond donors (Lipinski definition) is 0. The maximum atomic E-state index is 14.1. The van der Waals surface area contributed by atoms with E-state index < -0.39 is 6.17 Å². The highest BCUT2D eigenvalue weighted by Crippen LogP contribution is 2.51. The van der Waals surface area contributed by atoms with Crippen LogP contribution in [0.2, 0.25) is 0 Å². The Morgan fingerprint density at radius 2 is 2.12 bits per heavy atom. The van der Waals surface area contributed by atoms with Crippen LogP contribution in [0.3, 0.4) is 0 Å². The summed E-state index contributed by atoms with van der Waals surface area (Å²) in [5.41, 5.74) is 5.32. The number of likely N-dealkylation sites (N-methyl/N-ethyl adjacent to an activating group) is 1. The number of ether oxygens (including phenoxy) is 1. The molecule has 10 heteroatoms. The van der Waals surface area contributed by atoms with Crippen molar-refractivity contribution in [2.45, 2.75) is 77.0 Å². The van der Waals surface area contributed by atoms with Crippen LogP contribution in [0.1, 0.15) is 53.4 Å². The molecule has 4 heterocycles. The molecule has 0 radical (unpaired) electrons. The van der Waals surface area contributed by atoms with E-state index in [-0.39, 0.29) is 29.8 Å². The van der Waals surface area contributed by atoms with Gasteiger partial charge in [0.2, 0.25) is 5.91 Å². The number of fused-ring (bicyclic) bond motifs is 2. The Balaban J connectivity index is 1.33. The molecule has 8 nitrogen and oxygen atoms in total. The standard InChI is InChI=1S/C32H41FN6O2S/c1-5-29(40)39-11-10-38(17-23(39)7-9-34)30-26-12-21(3)32(8-6-25-20(2)19-42-28(25)15-32)14-27(26)35-31(36-30)41-18-24-13-22(33)16-37(24)4/h5,19,21-24H,1,6-8,10-18H2,2-4H3. The lowest BCUT2D eigenvalue weighted by molar-refractivity contribution is -0.128. The van der Waals surface area contributed by atoms with Crippen molar-refractivity contribution in [2.24, 2.45) is 11.3 Å². The van der Waals surface area contributed by atoms with Crippen LogP contribution in [0.15, 0.2) is 18.0 Å². The summed E-state index contributed by atoms with van der Waals surface area (Å²) < 4.78 is 20.3. The summed E-state index contributed by atoms with van der Waals surface area (Å²) >= 11 is 1.90. The largest absolute Gasteiger partial charge is 0.462 e. The molecule has 2 aliphatic heterocycles. The van der Waals surface area contributed by atoms with Crippen LogP contribution >= 0.6 is 11.3 Å². The zero-order chi connectivity index (χ0) is 29.6. The van der Waals surface area contributed by atoms with Gasteiger partial charge in [0.1, 0.15) is 18.6 Å². The first-order valence-electron chi connectivity index (χ1n) is 15.2. The van der Waals surface area contributed by atoms with Gasteiger partial charge in [-0.05, 0) is 86.4 Å². The molecule has 4 aliphatic rings. The van der Waals surface area contributed by atoms with Crippen molar-refractivity contribution < 1.29 is 13.9 Å². The number of nitriles is 1. The summed E-state index contributed by atoms with van der Waals surface area (Å²) in [5.74, 6) is 1.17. The lowest BCUT2D eigenvalue weighted by Gasteiger charge is -2.47. The average Bonchev–Trinajstić information content (AvgIpc) is 3.51. The van der Waals surface area contributed by atoms with Crippen molar-refractivity contribution >= 4 is 23.1 Å². The van der Waals surface area contributed by atoms with Crippen molar-refractivity contribution in [3.63, 3.8) is 0 Å². The number of hydrogen-bond acceptors (Lipinski definition) is 8. The highest BCUT2D eigenvalue weighted by atomic mass is 32.1. The first-order chi connectivity index (χ1) is 20.2. The lowest BCUT2D eigenvalue weighted by Crippen LogP contribution is -2.55. The second-order valence-corrected chi connectivity index (χ2v) is 13.8. The van der Waals surface area contributed by atoms with Crippen LogP contribution < -0.4 is 9.64 Å². The molecule has 1 amide bonds. The predicted octanol–water partition coefficient (Wildman–Crippen LogP) is 4.29. The van der Waals surface area contributed by atoms with E-state index in [9.17, 15) is 14.4 Å². The molecule has 6 rings (SSSR count). The van der Waals surface area contributed by atoms with E-state index in [1.165, 1.54) is 16.5 Å². The Morgan fingerprint density at radius 1 is 1.29 bits per heavy atom. The summed E-state index contributed by atoms with van der Waals surface area (Å²) in [6.07, 6.45) is 6.27. The molecule has 2 saturated heterocycles. The Labute approximate surface area is 252 Å². The van der Waals surface area contributed by atoms with E-state index in [1.807, 2.05) is 23.3 Å². The summed E-state index contributed by atoms with van der Waals surface area (Å²) in [4.78, 5) is 30.1. The van der Waals surface area contributed by atoms with Gasteiger partial charge in [-0.1, -0.05) is 13.5 Å². The minimum atomic E-state index is -0.839. The number of piperazine rings is 1. The number of nitrogens with zero attached hydrogens (tertiary/aromatic N) is 6. The van der Waals surface area contributed by atoms with Gasteiger partial charge in [0.25, 0.3) is 0 Å². The zero-order valence-corrected chi connectivity index (χ0v) is 25.8. The Kier molecular flexibility index (Phi) is 8.01. The first kappa shape index (κ1) is 29.1. The molecular weight excluding hydrogens is 551 g/mol. The first-order valence-corrected chi connectivity index (χ1v) is 16.1. The topological polar surface area (TPSA) is 85.6 Å². The average molecular weight is 593 g/mol. The van der Waals surface area contributed by atoms with Gasteiger partial charge in [-0.25, -0.2) is 4.39 Å². The fraction of sp³-hybridized carbons (Fsp3) is 0.625. The molecule has 2 aromatic heterocycles. The third-order valence-electron chi connectivity index (χ3n) is 10.3. The number of aromatic nitrogens is 2. The molecule has 5 unspecified atom stereocenters. The molecule has 1 spiro atoms. The molecular formula is C32H41FN6O2S. The van der Waals surface area contributed by atoms with Crippen LogP contribution in [-0.4, -0.2) is 83.8 Å². The van der Waals surface area contributed by atoms with E-state index in [0.717, 1.165) is 49.2 Å². The number of amides is 1. The lowest BCUT2D eigenvalue weighted by atomic mass is 9.59. The number of carbonyl (C=O) groups is 1. The molecule has 0 N–H and O–H groups in total. The Morgan fingerprint density at radius 3 is 2.86 bits per heavy atom. The Bertz CT molecular complexity index is 1410. The zero-order valence-electron chi connectivity index (χ0n) is 24.9. The smallest absolute Gasteiger partial charge is 0.318 e. The number of anilines is 1. The summed E-state index contributed by atoms with van der Waals surface area (Å²) in [6.45, 7) is 10.6. The Hall–Kier alpha value is -3.03. The number of aryl methyl sites for hydroxylation is 1. The highest BCUT2D eigenvalue weighted by molar-refractivity contribution is 7.10. The van der Waals surface area contributed by atoms with Crippen molar-refractivity contribution in [3.8, 4) is 12.1 Å². The van der Waals surface area contributed by atoms with Gasteiger partial charge in [0, 0.05) is 42.7 Å². The molecule has 2 aromatic rings. The van der Waals surface area contributed by atoms with Gasteiger partial charge in [0.15, 0.2) is 0 Å². The second-order valence-electron chi connectivity index (χ2n) is 12.8. The van der Waals surface area contributed by atoms with Crippen LogP contribution in [-0.2, 0) is 30.5 Å². The molecule has 5 atom stereocenters. The van der Waals surface area contributed by atoms with E-state index >= 15 is 0 Å². The number of alkyl halides is 1. The fourth-order valence-corrected chi connectivity index (χ4v) is 8.92. The van der Waals surface area contributed by atoms with Gasteiger partial charge >= 0.3 is 6.01 Å². The fourth-order valence-electron chi connectivity index (χ4n) is 7.68. The maximum absolute atomic E-state index is 14.1. The minimum Gasteiger partial charge on any atom is -0.462 e. The van der Waals surface area contributed by atoms with E-state index in [0.29, 0.717) is 51.1 Å². The van der Waals surface area contributed by atoms with E-state index in [4.69, 9.17) is 14.7 Å². The van der Waals surface area contributed by atoms with Crippen LogP contribution in [0, 0.1) is 29.6 Å². The van der Waals surface area contributed by atoms with Crippen molar-refractivity contribution in [2.75, 3.05) is 44.7 Å². The van der Waals surface area contributed by atoms with E-state index in [2.05, 4.69) is 36.8 Å². The van der Waals surface area contributed by atoms with Crippen molar-refractivity contribution in [1.29, 1.82) is 5.26 Å². The normalized spacial score (nSPS) is 29.2. The quantitative estimate of drug-likeness (QED) is 0.463. The molecule has 224 valence electrons. The number of carbonyl (C=O) groups excluding carboxylic acids is 1. The number of thiophene rings is 1. The summed E-state index contributed by atoms with van der Waals surface area (Å²) in [5, 5.41) is 11.8. The third kappa shape index (κ3) is 5.30. The van der Waals surface area contributed by atoms with Gasteiger partial charge in [0.05, 0.1) is 24.2 Å². The predicted molar refractivity (Wildman–Crippen MR) is 162 cm³/mol. The molecule has 42 heavy (non-hydrogen) atoms. The molecule has 0 bridgehead atoms. The molecule has 0 saturated carbocycles. The van der Waals surface area contributed by atoms with Crippen molar-refractivity contribution in [3.05, 3.63) is 45.3 Å². The van der Waals surface area contributed by atoms with Gasteiger partial charge in [-0.2, -0.15) is 15.2 Å². The third-order valence-corrected chi connectivity index (χ3v) is 11.5. The van der Waals surface area contributed by atoms with Crippen LogP contribution in [0.4, 0.5) is 10.2 Å². The molecule has 2 fully saturated rings.